The lowest BCUT2D eigenvalue weighted by molar-refractivity contribution is 0.0304. The van der Waals surface area contributed by atoms with Crippen LogP contribution in [0.1, 0.15) is 10.4 Å². The molecule has 0 unspecified atom stereocenters. The van der Waals surface area contributed by atoms with Gasteiger partial charge in [0.25, 0.3) is 5.91 Å². The molecule has 5 heteroatoms. The Bertz CT molecular complexity index is 621. The van der Waals surface area contributed by atoms with E-state index in [4.69, 9.17) is 10.5 Å². The van der Waals surface area contributed by atoms with Crippen LogP contribution in [0.4, 0.5) is 5.82 Å². The fraction of sp³-hybridized carbons (Fsp3) is 0.286. The molecule has 98 valence electrons. The van der Waals surface area contributed by atoms with E-state index in [9.17, 15) is 4.79 Å². The summed E-state index contributed by atoms with van der Waals surface area (Å²) in [6.07, 6.45) is 0. The van der Waals surface area contributed by atoms with Crippen LogP contribution in [0, 0.1) is 0 Å². The lowest BCUT2D eigenvalue weighted by atomic mass is 10.1. The largest absolute Gasteiger partial charge is 0.384 e. The summed E-state index contributed by atoms with van der Waals surface area (Å²) in [5.74, 6) is 0.365. The third-order valence-electron chi connectivity index (χ3n) is 3.26. The van der Waals surface area contributed by atoms with Crippen LogP contribution in [-0.4, -0.2) is 42.1 Å². The number of pyridine rings is 1. The first kappa shape index (κ1) is 11.9. The molecular weight excluding hydrogens is 242 g/mol. The van der Waals surface area contributed by atoms with Crippen LogP contribution in [0.25, 0.3) is 10.9 Å². The summed E-state index contributed by atoms with van der Waals surface area (Å²) in [6.45, 7) is 2.42. The molecule has 1 aliphatic rings. The summed E-state index contributed by atoms with van der Waals surface area (Å²) >= 11 is 0. The third kappa shape index (κ3) is 2.24. The van der Waals surface area contributed by atoms with Crippen LogP contribution in [-0.2, 0) is 4.74 Å². The first-order chi connectivity index (χ1) is 9.25. The Hall–Kier alpha value is -2.14. The Morgan fingerprint density at radius 1 is 1.26 bits per heavy atom. The highest BCUT2D eigenvalue weighted by atomic mass is 16.5. The van der Waals surface area contributed by atoms with Gasteiger partial charge >= 0.3 is 0 Å². The summed E-state index contributed by atoms with van der Waals surface area (Å²) in [6, 6.07) is 9.20. The monoisotopic (exact) mass is 257 g/mol. The fourth-order valence-electron chi connectivity index (χ4n) is 2.31. The number of carbonyl (C=O) groups is 1. The molecule has 0 atom stereocenters. The van der Waals surface area contributed by atoms with Crippen LogP contribution in [0.2, 0.25) is 0 Å². The van der Waals surface area contributed by atoms with Gasteiger partial charge in [-0.3, -0.25) is 4.79 Å². The molecule has 3 rings (SSSR count). The van der Waals surface area contributed by atoms with Crippen molar-refractivity contribution in [3.8, 4) is 0 Å². The van der Waals surface area contributed by atoms with Crippen LogP contribution in [0.3, 0.4) is 0 Å². The molecule has 2 aromatic rings. The average molecular weight is 257 g/mol. The molecule has 1 aliphatic heterocycles. The third-order valence-corrected chi connectivity index (χ3v) is 3.26. The van der Waals surface area contributed by atoms with Crippen LogP contribution < -0.4 is 5.73 Å². The molecule has 19 heavy (non-hydrogen) atoms. The lowest BCUT2D eigenvalue weighted by Crippen LogP contribution is -2.40. The van der Waals surface area contributed by atoms with Gasteiger partial charge in [0, 0.05) is 18.5 Å². The highest BCUT2D eigenvalue weighted by Gasteiger charge is 2.20. The summed E-state index contributed by atoms with van der Waals surface area (Å²) < 4.78 is 5.27. The van der Waals surface area contributed by atoms with E-state index in [2.05, 4.69) is 4.98 Å². The number of hydrogen-bond acceptors (Lipinski definition) is 4. The number of benzene rings is 1. The van der Waals surface area contributed by atoms with Gasteiger partial charge in [0.15, 0.2) is 0 Å². The summed E-state index contributed by atoms with van der Waals surface area (Å²) in [5.41, 5.74) is 7.15. The van der Waals surface area contributed by atoms with Crippen molar-refractivity contribution in [1.29, 1.82) is 0 Å². The molecule has 1 amide bonds. The molecule has 1 aromatic carbocycles. The van der Waals surface area contributed by atoms with Gasteiger partial charge in [-0.25, -0.2) is 4.98 Å². The molecule has 1 aromatic heterocycles. The number of amides is 1. The van der Waals surface area contributed by atoms with Gasteiger partial charge in [-0.1, -0.05) is 18.2 Å². The molecular formula is C14H15N3O2. The fourth-order valence-corrected chi connectivity index (χ4v) is 2.31. The average Bonchev–Trinajstić information content (AvgIpc) is 2.46. The summed E-state index contributed by atoms with van der Waals surface area (Å²) in [5, 5.41) is 0.841. The van der Waals surface area contributed by atoms with E-state index in [1.165, 1.54) is 0 Å². The van der Waals surface area contributed by atoms with Crippen molar-refractivity contribution >= 4 is 22.6 Å². The Kier molecular flexibility index (Phi) is 3.05. The molecule has 2 N–H and O–H groups in total. The predicted octanol–water partition coefficient (Wildman–Crippen LogP) is 1.29. The number of anilines is 1. The number of rotatable bonds is 1. The minimum absolute atomic E-state index is 0.00593. The standard InChI is InChI=1S/C14H15N3O2/c15-13-9-11(10-3-1-2-4-12(10)16-13)14(18)17-5-7-19-8-6-17/h1-4,9H,5-8H2,(H2,15,16). The Morgan fingerprint density at radius 3 is 2.79 bits per heavy atom. The van der Waals surface area contributed by atoms with E-state index < -0.39 is 0 Å². The molecule has 0 spiro atoms. The van der Waals surface area contributed by atoms with Gasteiger partial charge in [0.05, 0.1) is 24.3 Å². The molecule has 5 nitrogen and oxygen atoms in total. The van der Waals surface area contributed by atoms with E-state index in [1.54, 1.807) is 11.0 Å². The van der Waals surface area contributed by atoms with Crippen molar-refractivity contribution in [1.82, 2.24) is 9.88 Å². The molecule has 1 saturated heterocycles. The molecule has 1 fully saturated rings. The van der Waals surface area contributed by atoms with Crippen molar-refractivity contribution in [2.45, 2.75) is 0 Å². The first-order valence-electron chi connectivity index (χ1n) is 6.28. The van der Waals surface area contributed by atoms with Crippen LogP contribution >= 0.6 is 0 Å². The number of carbonyl (C=O) groups excluding carboxylic acids is 1. The van der Waals surface area contributed by atoms with Gasteiger partial charge in [0.1, 0.15) is 5.82 Å². The molecule has 0 bridgehead atoms. The number of fused-ring (bicyclic) bond motifs is 1. The molecule has 0 radical (unpaired) electrons. The number of aromatic nitrogens is 1. The smallest absolute Gasteiger partial charge is 0.254 e. The maximum Gasteiger partial charge on any atom is 0.254 e. The van der Waals surface area contributed by atoms with Gasteiger partial charge in [-0.15, -0.1) is 0 Å². The van der Waals surface area contributed by atoms with E-state index in [0.717, 1.165) is 10.9 Å². The van der Waals surface area contributed by atoms with E-state index in [-0.39, 0.29) is 5.91 Å². The second-order valence-corrected chi connectivity index (χ2v) is 4.52. The zero-order chi connectivity index (χ0) is 13.2. The SMILES string of the molecule is Nc1cc(C(=O)N2CCOCC2)c2ccccc2n1. The summed E-state index contributed by atoms with van der Waals surface area (Å²) in [7, 11) is 0. The van der Waals surface area contributed by atoms with Gasteiger partial charge < -0.3 is 15.4 Å². The molecule has 0 saturated carbocycles. The van der Waals surface area contributed by atoms with Gasteiger partial charge in [0.2, 0.25) is 0 Å². The maximum absolute atomic E-state index is 12.6. The number of hydrogen-bond donors (Lipinski definition) is 1. The van der Waals surface area contributed by atoms with E-state index >= 15 is 0 Å². The maximum atomic E-state index is 12.6. The normalized spacial score (nSPS) is 15.7. The number of nitrogens with two attached hydrogens (primary N) is 1. The van der Waals surface area contributed by atoms with Crippen molar-refractivity contribution in [3.63, 3.8) is 0 Å². The van der Waals surface area contributed by atoms with Crippen molar-refractivity contribution in [3.05, 3.63) is 35.9 Å². The lowest BCUT2D eigenvalue weighted by Gasteiger charge is -2.27. The van der Waals surface area contributed by atoms with Crippen LogP contribution in [0.5, 0.6) is 0 Å². The van der Waals surface area contributed by atoms with Gasteiger partial charge in [-0.2, -0.15) is 0 Å². The summed E-state index contributed by atoms with van der Waals surface area (Å²) in [4.78, 5) is 18.6. The van der Waals surface area contributed by atoms with Crippen molar-refractivity contribution < 1.29 is 9.53 Å². The van der Waals surface area contributed by atoms with Crippen molar-refractivity contribution in [2.24, 2.45) is 0 Å². The van der Waals surface area contributed by atoms with E-state index in [1.807, 2.05) is 24.3 Å². The Morgan fingerprint density at radius 2 is 2.00 bits per heavy atom. The van der Waals surface area contributed by atoms with Gasteiger partial charge in [-0.05, 0) is 12.1 Å². The number of ether oxygens (including phenoxy) is 1. The number of para-hydroxylation sites is 1. The van der Waals surface area contributed by atoms with Crippen molar-refractivity contribution in [2.75, 3.05) is 32.0 Å². The second-order valence-electron chi connectivity index (χ2n) is 4.52. The quantitative estimate of drug-likeness (QED) is 0.835. The second kappa shape index (κ2) is 4.85. The minimum Gasteiger partial charge on any atom is -0.384 e. The van der Waals surface area contributed by atoms with E-state index in [0.29, 0.717) is 37.7 Å². The Labute approximate surface area is 111 Å². The topological polar surface area (TPSA) is 68.5 Å². The zero-order valence-electron chi connectivity index (χ0n) is 10.5. The predicted molar refractivity (Wildman–Crippen MR) is 72.9 cm³/mol. The number of nitrogen functional groups attached to an aromatic ring is 1. The Balaban J connectivity index is 2.05. The highest BCUT2D eigenvalue weighted by Crippen LogP contribution is 2.21. The highest BCUT2D eigenvalue weighted by molar-refractivity contribution is 6.06. The van der Waals surface area contributed by atoms with Crippen LogP contribution in [0.15, 0.2) is 30.3 Å². The molecule has 2 heterocycles. The zero-order valence-corrected chi connectivity index (χ0v) is 10.5. The first-order valence-corrected chi connectivity index (χ1v) is 6.28. The minimum atomic E-state index is -0.00593. The number of nitrogens with zero attached hydrogens (tertiary/aromatic N) is 2. The molecule has 0 aliphatic carbocycles. The number of morpholine rings is 1.